The molecule has 1 atom stereocenters. The minimum Gasteiger partial charge on any atom is -0.497 e. The summed E-state index contributed by atoms with van der Waals surface area (Å²) in [6, 6.07) is 7.50. The van der Waals surface area contributed by atoms with E-state index in [9.17, 15) is 4.79 Å². The number of ether oxygens (including phenoxy) is 1. The van der Waals surface area contributed by atoms with E-state index in [1.807, 2.05) is 38.1 Å². The van der Waals surface area contributed by atoms with E-state index in [-0.39, 0.29) is 11.2 Å². The van der Waals surface area contributed by atoms with Gasteiger partial charge in [0.15, 0.2) is 4.34 Å². The molecule has 0 aliphatic carbocycles. The normalized spacial score (nSPS) is 11.8. The third-order valence-electron chi connectivity index (χ3n) is 3.74. The Morgan fingerprint density at radius 2 is 1.97 bits per heavy atom. The van der Waals surface area contributed by atoms with Crippen LogP contribution in [0.3, 0.4) is 0 Å². The maximum absolute atomic E-state index is 12.6. The molecule has 2 heterocycles. The first-order chi connectivity index (χ1) is 14.1. The first-order valence-electron chi connectivity index (χ1n) is 8.90. The summed E-state index contributed by atoms with van der Waals surface area (Å²) >= 11 is 4.24. The van der Waals surface area contributed by atoms with E-state index < -0.39 is 0 Å². The molecule has 8 nitrogen and oxygen atoms in total. The van der Waals surface area contributed by atoms with Crippen LogP contribution in [0.1, 0.15) is 20.3 Å². The molecule has 1 aromatic carbocycles. The van der Waals surface area contributed by atoms with E-state index in [1.54, 1.807) is 25.1 Å². The lowest BCUT2D eigenvalue weighted by Crippen LogP contribution is -2.24. The van der Waals surface area contributed by atoms with Gasteiger partial charge in [0.05, 0.1) is 18.6 Å². The zero-order valence-corrected chi connectivity index (χ0v) is 18.6. The molecule has 0 saturated heterocycles. The van der Waals surface area contributed by atoms with Gasteiger partial charge < -0.3 is 4.74 Å². The molecule has 0 aliphatic rings. The number of hydrogen-bond acceptors (Lipinski definition) is 10. The van der Waals surface area contributed by atoms with Crippen molar-refractivity contribution in [2.45, 2.75) is 35.0 Å². The van der Waals surface area contributed by atoms with E-state index in [0.717, 1.165) is 21.4 Å². The first kappa shape index (κ1) is 21.5. The number of thioether (sulfide) groups is 2. The third kappa shape index (κ3) is 5.87. The number of hydrogen-bond donors (Lipinski definition) is 1. The molecule has 1 N–H and O–H groups in total. The minimum absolute atomic E-state index is 0.149. The second kappa shape index (κ2) is 10.5. The Kier molecular flexibility index (Phi) is 7.78. The lowest BCUT2D eigenvalue weighted by Gasteiger charge is -2.11. The van der Waals surface area contributed by atoms with Crippen LogP contribution < -0.4 is 10.1 Å². The Hall–Kier alpha value is -2.24. The molecule has 1 amide bonds. The number of nitrogens with one attached hydrogen (secondary N) is 1. The molecular formula is C18H20N6O2S3. The highest BCUT2D eigenvalue weighted by Crippen LogP contribution is 2.28. The summed E-state index contributed by atoms with van der Waals surface area (Å²) in [5.74, 6) is 1.53. The van der Waals surface area contributed by atoms with Crippen LogP contribution in [-0.4, -0.2) is 49.4 Å². The van der Waals surface area contributed by atoms with E-state index in [1.165, 1.54) is 23.1 Å². The smallest absolute Gasteiger partial charge is 0.239 e. The summed E-state index contributed by atoms with van der Waals surface area (Å²) in [6.45, 7) is 3.98. The van der Waals surface area contributed by atoms with Gasteiger partial charge in [-0.05, 0) is 36.4 Å². The number of carbonyl (C=O) groups excluding carboxylic acids is 1. The molecule has 0 spiro atoms. The SMILES string of the molecule is CCSc1nnc(NC(=O)C(CC)Sc2ncc(-c3ccc(OC)cc3)nn2)s1. The standard InChI is InChI=1S/C18H20N6O2S3/c1-4-14(15(25)20-17-23-24-18(29-17)27-5-2)28-16-19-10-13(21-22-16)11-6-8-12(26-3)9-7-11/h6-10,14H,4-5H2,1-3H3,(H,20,23,25). The lowest BCUT2D eigenvalue weighted by atomic mass is 10.2. The monoisotopic (exact) mass is 448 g/mol. The number of methoxy groups -OCH3 is 1. The van der Waals surface area contributed by atoms with Crippen molar-refractivity contribution in [2.24, 2.45) is 0 Å². The molecule has 0 fully saturated rings. The zero-order valence-electron chi connectivity index (χ0n) is 16.2. The topological polar surface area (TPSA) is 103 Å². The van der Waals surface area contributed by atoms with Crippen LogP contribution in [0.15, 0.2) is 40.0 Å². The number of anilines is 1. The van der Waals surface area contributed by atoms with Gasteiger partial charge in [-0.2, -0.15) is 0 Å². The fourth-order valence-electron chi connectivity index (χ4n) is 2.29. The van der Waals surface area contributed by atoms with Gasteiger partial charge in [-0.15, -0.1) is 20.4 Å². The van der Waals surface area contributed by atoms with Crippen LogP contribution in [0.25, 0.3) is 11.3 Å². The van der Waals surface area contributed by atoms with Crippen LogP contribution in [0.2, 0.25) is 0 Å². The van der Waals surface area contributed by atoms with Gasteiger partial charge in [0.25, 0.3) is 0 Å². The fraction of sp³-hybridized carbons (Fsp3) is 0.333. The fourth-order valence-corrected chi connectivity index (χ4v) is 4.73. The van der Waals surface area contributed by atoms with Gasteiger partial charge in [-0.25, -0.2) is 4.98 Å². The average Bonchev–Trinajstić information content (AvgIpc) is 3.19. The highest BCUT2D eigenvalue weighted by Gasteiger charge is 2.21. The average molecular weight is 449 g/mol. The van der Waals surface area contributed by atoms with E-state index in [2.05, 4.69) is 30.7 Å². The van der Waals surface area contributed by atoms with Gasteiger partial charge in [-0.1, -0.05) is 48.7 Å². The number of benzene rings is 1. The van der Waals surface area contributed by atoms with Gasteiger partial charge in [0.1, 0.15) is 11.4 Å². The molecule has 3 aromatic rings. The maximum atomic E-state index is 12.6. The molecule has 152 valence electrons. The predicted molar refractivity (Wildman–Crippen MR) is 117 cm³/mol. The first-order valence-corrected chi connectivity index (χ1v) is 11.6. The van der Waals surface area contributed by atoms with Crippen molar-refractivity contribution >= 4 is 45.9 Å². The van der Waals surface area contributed by atoms with Crippen LogP contribution in [0.5, 0.6) is 5.75 Å². The van der Waals surface area contributed by atoms with Crippen LogP contribution in [0.4, 0.5) is 5.13 Å². The Labute approximate surface area is 181 Å². The van der Waals surface area contributed by atoms with E-state index >= 15 is 0 Å². The Balaban J connectivity index is 1.62. The Morgan fingerprint density at radius 3 is 2.59 bits per heavy atom. The van der Waals surface area contributed by atoms with E-state index in [4.69, 9.17) is 4.74 Å². The van der Waals surface area contributed by atoms with Gasteiger partial charge in [0, 0.05) is 5.56 Å². The van der Waals surface area contributed by atoms with Crippen molar-refractivity contribution in [1.82, 2.24) is 25.4 Å². The molecule has 3 rings (SSSR count). The molecule has 0 radical (unpaired) electrons. The number of rotatable bonds is 9. The highest BCUT2D eigenvalue weighted by molar-refractivity contribution is 8.01. The Bertz CT molecular complexity index is 934. The summed E-state index contributed by atoms with van der Waals surface area (Å²) in [5.41, 5.74) is 1.55. The number of carbonyl (C=O) groups is 1. The molecule has 2 aromatic heterocycles. The van der Waals surface area contributed by atoms with Crippen molar-refractivity contribution in [3.8, 4) is 17.0 Å². The lowest BCUT2D eigenvalue weighted by molar-refractivity contribution is -0.115. The molecule has 0 saturated carbocycles. The molecule has 0 aliphatic heterocycles. The summed E-state index contributed by atoms with van der Waals surface area (Å²) < 4.78 is 6.00. The summed E-state index contributed by atoms with van der Waals surface area (Å²) in [4.78, 5) is 16.9. The summed E-state index contributed by atoms with van der Waals surface area (Å²) in [7, 11) is 1.62. The molecular weight excluding hydrogens is 428 g/mol. The molecule has 29 heavy (non-hydrogen) atoms. The number of nitrogens with zero attached hydrogens (tertiary/aromatic N) is 5. The predicted octanol–water partition coefficient (Wildman–Crippen LogP) is 4.02. The van der Waals surface area contributed by atoms with Crippen molar-refractivity contribution in [1.29, 1.82) is 0 Å². The van der Waals surface area contributed by atoms with Crippen LogP contribution in [-0.2, 0) is 4.79 Å². The number of amides is 1. The van der Waals surface area contributed by atoms with Crippen molar-refractivity contribution in [3.63, 3.8) is 0 Å². The zero-order chi connectivity index (χ0) is 20.6. The molecule has 1 unspecified atom stereocenters. The van der Waals surface area contributed by atoms with Gasteiger partial charge in [-0.3, -0.25) is 10.1 Å². The van der Waals surface area contributed by atoms with Crippen molar-refractivity contribution < 1.29 is 9.53 Å². The quantitative estimate of drug-likeness (QED) is 0.384. The second-order valence-electron chi connectivity index (χ2n) is 5.66. The maximum Gasteiger partial charge on any atom is 0.239 e. The van der Waals surface area contributed by atoms with Gasteiger partial charge >= 0.3 is 0 Å². The highest BCUT2D eigenvalue weighted by atomic mass is 32.2. The van der Waals surface area contributed by atoms with Gasteiger partial charge in [0.2, 0.25) is 16.2 Å². The van der Waals surface area contributed by atoms with Crippen molar-refractivity contribution in [2.75, 3.05) is 18.2 Å². The number of aromatic nitrogens is 5. The van der Waals surface area contributed by atoms with Crippen molar-refractivity contribution in [3.05, 3.63) is 30.5 Å². The summed E-state index contributed by atoms with van der Waals surface area (Å²) in [5, 5.41) is 19.9. The third-order valence-corrected chi connectivity index (χ3v) is 6.83. The molecule has 11 heteroatoms. The largest absolute Gasteiger partial charge is 0.497 e. The minimum atomic E-state index is -0.352. The Morgan fingerprint density at radius 1 is 1.17 bits per heavy atom. The van der Waals surface area contributed by atoms with Crippen LogP contribution in [0, 0.1) is 0 Å². The molecule has 0 bridgehead atoms. The summed E-state index contributed by atoms with van der Waals surface area (Å²) in [6.07, 6.45) is 2.27. The van der Waals surface area contributed by atoms with Crippen LogP contribution >= 0.6 is 34.9 Å². The van der Waals surface area contributed by atoms with E-state index in [0.29, 0.717) is 22.4 Å². The second-order valence-corrected chi connectivity index (χ2v) is 9.32.